The van der Waals surface area contributed by atoms with Crippen molar-refractivity contribution in [3.63, 3.8) is 0 Å². The second-order valence-corrected chi connectivity index (χ2v) is 4.44. The number of carbonyl (C=O) groups excluding carboxylic acids is 3. The summed E-state index contributed by atoms with van der Waals surface area (Å²) in [6, 6.07) is 0. The second kappa shape index (κ2) is 6.90. The van der Waals surface area contributed by atoms with Crippen molar-refractivity contribution in [2.24, 2.45) is 5.73 Å². The van der Waals surface area contributed by atoms with Crippen LogP contribution in [0.3, 0.4) is 0 Å². The van der Waals surface area contributed by atoms with Gasteiger partial charge in [-0.2, -0.15) is 0 Å². The standard InChI is InChI=1S/C10H16N4O3S/c11-7(18)5-12-9(16)10(17)13-6-8(15)14-3-1-2-4-14/h1-6H2,(H2,11,18)(H,12,16)(H,13,17). The van der Waals surface area contributed by atoms with E-state index in [0.717, 1.165) is 12.8 Å². The topological polar surface area (TPSA) is 105 Å². The van der Waals surface area contributed by atoms with Gasteiger partial charge in [-0.1, -0.05) is 12.2 Å². The Morgan fingerprint density at radius 2 is 1.56 bits per heavy atom. The van der Waals surface area contributed by atoms with Gasteiger partial charge in [0.1, 0.15) is 0 Å². The fourth-order valence-corrected chi connectivity index (χ4v) is 1.63. The Bertz CT molecular complexity index is 366. The van der Waals surface area contributed by atoms with Crippen LogP contribution >= 0.6 is 12.2 Å². The molecule has 1 heterocycles. The van der Waals surface area contributed by atoms with Crippen molar-refractivity contribution < 1.29 is 14.4 Å². The van der Waals surface area contributed by atoms with Gasteiger partial charge in [0.15, 0.2) is 0 Å². The van der Waals surface area contributed by atoms with Crippen LogP contribution in [0.25, 0.3) is 0 Å². The molecule has 8 heteroatoms. The van der Waals surface area contributed by atoms with Gasteiger partial charge in [0.25, 0.3) is 0 Å². The molecule has 0 saturated carbocycles. The average molecular weight is 272 g/mol. The van der Waals surface area contributed by atoms with E-state index in [9.17, 15) is 14.4 Å². The number of hydrogen-bond donors (Lipinski definition) is 3. The second-order valence-electron chi connectivity index (χ2n) is 3.92. The van der Waals surface area contributed by atoms with E-state index < -0.39 is 11.8 Å². The van der Waals surface area contributed by atoms with Crippen molar-refractivity contribution in [1.82, 2.24) is 15.5 Å². The number of amides is 3. The van der Waals surface area contributed by atoms with Crippen LogP contribution in [-0.4, -0.2) is 53.8 Å². The molecule has 7 nitrogen and oxygen atoms in total. The number of thiocarbonyl (C=S) groups is 1. The first-order valence-corrected chi connectivity index (χ1v) is 6.03. The molecule has 0 unspecified atom stereocenters. The fourth-order valence-electron chi connectivity index (χ4n) is 1.56. The zero-order valence-electron chi connectivity index (χ0n) is 9.90. The highest BCUT2D eigenvalue weighted by atomic mass is 32.1. The average Bonchev–Trinajstić information content (AvgIpc) is 2.86. The molecule has 1 rings (SSSR count). The van der Waals surface area contributed by atoms with Crippen molar-refractivity contribution in [2.75, 3.05) is 26.2 Å². The molecule has 4 N–H and O–H groups in total. The van der Waals surface area contributed by atoms with Crippen LogP contribution in [0, 0.1) is 0 Å². The smallest absolute Gasteiger partial charge is 0.309 e. The van der Waals surface area contributed by atoms with Crippen LogP contribution in [0.2, 0.25) is 0 Å². The SMILES string of the molecule is NC(=S)CNC(=O)C(=O)NCC(=O)N1CCCC1. The van der Waals surface area contributed by atoms with E-state index in [1.807, 2.05) is 0 Å². The maximum Gasteiger partial charge on any atom is 0.309 e. The van der Waals surface area contributed by atoms with E-state index in [1.165, 1.54) is 0 Å². The molecule has 0 spiro atoms. The lowest BCUT2D eigenvalue weighted by Crippen LogP contribution is -2.46. The largest absolute Gasteiger partial charge is 0.392 e. The fraction of sp³-hybridized carbons (Fsp3) is 0.600. The molecule has 100 valence electrons. The monoisotopic (exact) mass is 272 g/mol. The predicted octanol–water partition coefficient (Wildman–Crippen LogP) is -1.87. The Morgan fingerprint density at radius 3 is 2.06 bits per heavy atom. The molecule has 0 radical (unpaired) electrons. The van der Waals surface area contributed by atoms with Crippen molar-refractivity contribution in [3.8, 4) is 0 Å². The highest BCUT2D eigenvalue weighted by molar-refractivity contribution is 7.80. The summed E-state index contributed by atoms with van der Waals surface area (Å²) >= 11 is 4.55. The van der Waals surface area contributed by atoms with Gasteiger partial charge in [-0.05, 0) is 12.8 Å². The van der Waals surface area contributed by atoms with E-state index >= 15 is 0 Å². The number of likely N-dealkylation sites (tertiary alicyclic amines) is 1. The van der Waals surface area contributed by atoms with Gasteiger partial charge in [0.05, 0.1) is 18.1 Å². The van der Waals surface area contributed by atoms with E-state index in [4.69, 9.17) is 5.73 Å². The molecule has 0 atom stereocenters. The number of rotatable bonds is 4. The summed E-state index contributed by atoms with van der Waals surface area (Å²) in [7, 11) is 0. The molecular weight excluding hydrogens is 256 g/mol. The lowest BCUT2D eigenvalue weighted by Gasteiger charge is -2.15. The number of nitrogens with two attached hydrogens (primary N) is 1. The molecule has 3 amide bonds. The van der Waals surface area contributed by atoms with E-state index in [1.54, 1.807) is 4.90 Å². The zero-order chi connectivity index (χ0) is 13.5. The summed E-state index contributed by atoms with van der Waals surface area (Å²) in [6.45, 7) is 1.21. The number of hydrogen-bond acceptors (Lipinski definition) is 4. The van der Waals surface area contributed by atoms with Crippen LogP contribution in [0.15, 0.2) is 0 Å². The minimum absolute atomic E-state index is 0.0400. The number of carbonyl (C=O) groups is 3. The van der Waals surface area contributed by atoms with Crippen LogP contribution in [-0.2, 0) is 14.4 Å². The summed E-state index contributed by atoms with van der Waals surface area (Å²) < 4.78 is 0. The Morgan fingerprint density at radius 1 is 1.06 bits per heavy atom. The van der Waals surface area contributed by atoms with E-state index in [0.29, 0.717) is 13.1 Å². The minimum Gasteiger partial charge on any atom is -0.392 e. The molecule has 0 aromatic carbocycles. The highest BCUT2D eigenvalue weighted by Crippen LogP contribution is 2.06. The Balaban J connectivity index is 2.25. The maximum atomic E-state index is 11.6. The molecule has 0 aromatic rings. The zero-order valence-corrected chi connectivity index (χ0v) is 10.7. The van der Waals surface area contributed by atoms with Gasteiger partial charge in [0.2, 0.25) is 5.91 Å². The Hall–Kier alpha value is -1.70. The first-order valence-electron chi connectivity index (χ1n) is 5.63. The molecule has 0 aromatic heterocycles. The Labute approximate surface area is 110 Å². The van der Waals surface area contributed by atoms with Gasteiger partial charge in [-0.3, -0.25) is 14.4 Å². The molecule has 1 saturated heterocycles. The lowest BCUT2D eigenvalue weighted by molar-refractivity contribution is -0.140. The van der Waals surface area contributed by atoms with E-state index in [-0.39, 0.29) is 24.0 Å². The lowest BCUT2D eigenvalue weighted by atomic mass is 10.4. The molecule has 18 heavy (non-hydrogen) atoms. The predicted molar refractivity (Wildman–Crippen MR) is 68.6 cm³/mol. The van der Waals surface area contributed by atoms with Gasteiger partial charge in [0, 0.05) is 13.1 Å². The summed E-state index contributed by atoms with van der Waals surface area (Å²) in [6.07, 6.45) is 1.96. The van der Waals surface area contributed by atoms with Gasteiger partial charge in [-0.15, -0.1) is 0 Å². The van der Waals surface area contributed by atoms with Crippen LogP contribution in [0.5, 0.6) is 0 Å². The summed E-state index contributed by atoms with van der Waals surface area (Å²) in [5.74, 6) is -1.89. The highest BCUT2D eigenvalue weighted by Gasteiger charge is 2.20. The first kappa shape index (κ1) is 14.4. The third-order valence-corrected chi connectivity index (χ3v) is 2.63. The molecule has 1 aliphatic heterocycles. The summed E-state index contributed by atoms with van der Waals surface area (Å²) in [5.41, 5.74) is 5.17. The van der Waals surface area contributed by atoms with Gasteiger partial charge < -0.3 is 21.3 Å². The molecular formula is C10H16N4O3S. The summed E-state index contributed by atoms with van der Waals surface area (Å²) in [5, 5.41) is 4.49. The minimum atomic E-state index is -0.862. The van der Waals surface area contributed by atoms with Crippen molar-refractivity contribution in [3.05, 3.63) is 0 Å². The van der Waals surface area contributed by atoms with Crippen LogP contribution < -0.4 is 16.4 Å². The number of nitrogens with zero attached hydrogens (tertiary/aromatic N) is 1. The molecule has 1 fully saturated rings. The molecule has 0 aliphatic carbocycles. The van der Waals surface area contributed by atoms with Crippen molar-refractivity contribution in [2.45, 2.75) is 12.8 Å². The third kappa shape index (κ3) is 4.66. The Kier molecular flexibility index (Phi) is 5.50. The quantitative estimate of drug-likeness (QED) is 0.411. The normalized spacial score (nSPS) is 14.1. The third-order valence-electron chi connectivity index (χ3n) is 2.49. The summed E-state index contributed by atoms with van der Waals surface area (Å²) in [4.78, 5) is 35.8. The first-order chi connectivity index (χ1) is 8.50. The van der Waals surface area contributed by atoms with Crippen molar-refractivity contribution >= 4 is 34.9 Å². The van der Waals surface area contributed by atoms with E-state index in [2.05, 4.69) is 22.9 Å². The van der Waals surface area contributed by atoms with Gasteiger partial charge >= 0.3 is 11.8 Å². The van der Waals surface area contributed by atoms with Crippen molar-refractivity contribution in [1.29, 1.82) is 0 Å². The van der Waals surface area contributed by atoms with Crippen LogP contribution in [0.4, 0.5) is 0 Å². The van der Waals surface area contributed by atoms with Crippen LogP contribution in [0.1, 0.15) is 12.8 Å². The maximum absolute atomic E-state index is 11.6. The molecule has 1 aliphatic rings. The molecule has 0 bridgehead atoms. The number of nitrogens with one attached hydrogen (secondary N) is 2. The van der Waals surface area contributed by atoms with Gasteiger partial charge in [-0.25, -0.2) is 0 Å².